The number of carbonyl (C=O) groups is 3. The minimum Gasteiger partial charge on any atom is -0.377 e. The van der Waals surface area contributed by atoms with Crippen LogP contribution >= 0.6 is 0 Å². The van der Waals surface area contributed by atoms with Crippen molar-refractivity contribution < 1.29 is 27.9 Å². The molecule has 4 amide bonds. The molecule has 0 atom stereocenters. The van der Waals surface area contributed by atoms with Crippen molar-refractivity contribution in [2.24, 2.45) is 0 Å². The maximum absolute atomic E-state index is 15.1. The Balaban J connectivity index is 1.28. The first-order chi connectivity index (χ1) is 20.0. The standard InChI is InChI=1S/C30H34F2N6O4/c1-35(2)28(40)20-13-23(31)22(24(32)14-20)16-37-11-12-38-25(9-10-26(38)30(37)17-42-18-30)27(39)33-15-19-5-7-21(8-6-19)34-29(41)36(3)4/h5-10,13-14H,11-12,15-18H2,1-4H3,(H,33,39)(H,34,41). The summed E-state index contributed by atoms with van der Waals surface area (Å²) in [4.78, 5) is 41.9. The third-order valence-electron chi connectivity index (χ3n) is 7.78. The Morgan fingerprint density at radius 2 is 1.60 bits per heavy atom. The Labute approximate surface area is 242 Å². The summed E-state index contributed by atoms with van der Waals surface area (Å²) in [5.41, 5.74) is 2.09. The molecule has 2 N–H and O–H groups in total. The Morgan fingerprint density at radius 1 is 0.929 bits per heavy atom. The van der Waals surface area contributed by atoms with E-state index in [4.69, 9.17) is 4.74 Å². The van der Waals surface area contributed by atoms with Crippen molar-refractivity contribution in [2.45, 2.75) is 25.2 Å². The Morgan fingerprint density at radius 3 is 2.17 bits per heavy atom. The average molecular weight is 581 g/mol. The predicted molar refractivity (Wildman–Crippen MR) is 152 cm³/mol. The van der Waals surface area contributed by atoms with Crippen LogP contribution in [0.1, 0.15) is 37.7 Å². The number of ether oxygens (including phenoxy) is 1. The van der Waals surface area contributed by atoms with Gasteiger partial charge in [-0.05, 0) is 42.0 Å². The molecule has 1 fully saturated rings. The van der Waals surface area contributed by atoms with Crippen LogP contribution in [-0.4, -0.2) is 85.1 Å². The number of anilines is 1. The van der Waals surface area contributed by atoms with Crippen LogP contribution in [0.25, 0.3) is 0 Å². The fourth-order valence-electron chi connectivity index (χ4n) is 5.31. The lowest BCUT2D eigenvalue weighted by molar-refractivity contribution is -0.163. The van der Waals surface area contributed by atoms with Gasteiger partial charge in [0.15, 0.2) is 0 Å². The minimum atomic E-state index is -0.773. The smallest absolute Gasteiger partial charge is 0.321 e. The molecule has 12 heteroatoms. The molecule has 3 heterocycles. The lowest BCUT2D eigenvalue weighted by Gasteiger charge is -2.52. The fourth-order valence-corrected chi connectivity index (χ4v) is 5.31. The van der Waals surface area contributed by atoms with Crippen molar-refractivity contribution in [3.63, 3.8) is 0 Å². The average Bonchev–Trinajstić information content (AvgIpc) is 3.37. The number of hydrogen-bond donors (Lipinski definition) is 2. The number of benzene rings is 2. The molecule has 0 aliphatic carbocycles. The Kier molecular flexibility index (Phi) is 8.02. The molecule has 10 nitrogen and oxygen atoms in total. The third kappa shape index (κ3) is 5.47. The molecule has 2 aromatic carbocycles. The van der Waals surface area contributed by atoms with Crippen LogP contribution < -0.4 is 10.6 Å². The lowest BCUT2D eigenvalue weighted by Crippen LogP contribution is -2.63. The highest BCUT2D eigenvalue weighted by molar-refractivity contribution is 5.94. The van der Waals surface area contributed by atoms with Crippen molar-refractivity contribution >= 4 is 23.5 Å². The monoisotopic (exact) mass is 580 g/mol. The van der Waals surface area contributed by atoms with E-state index >= 15 is 8.78 Å². The zero-order valence-corrected chi connectivity index (χ0v) is 24.0. The molecule has 1 spiro atoms. The van der Waals surface area contributed by atoms with E-state index in [0.29, 0.717) is 44.2 Å². The summed E-state index contributed by atoms with van der Waals surface area (Å²) < 4.78 is 37.6. The van der Waals surface area contributed by atoms with Gasteiger partial charge in [0.05, 0.1) is 13.2 Å². The topological polar surface area (TPSA) is 99.2 Å². The highest BCUT2D eigenvalue weighted by Gasteiger charge is 2.50. The lowest BCUT2D eigenvalue weighted by atomic mass is 9.88. The van der Waals surface area contributed by atoms with Crippen LogP contribution in [0.2, 0.25) is 0 Å². The summed E-state index contributed by atoms with van der Waals surface area (Å²) in [6, 6.07) is 12.8. The fraction of sp³-hybridized carbons (Fsp3) is 0.367. The number of amides is 4. The van der Waals surface area contributed by atoms with Crippen LogP contribution in [0.4, 0.5) is 19.3 Å². The number of fused-ring (bicyclic) bond motifs is 2. The molecular formula is C30H34F2N6O4. The summed E-state index contributed by atoms with van der Waals surface area (Å²) in [6.07, 6.45) is 0. The molecule has 0 bridgehead atoms. The maximum atomic E-state index is 15.1. The largest absolute Gasteiger partial charge is 0.377 e. The number of carbonyl (C=O) groups excluding carboxylic acids is 3. The zero-order valence-electron chi connectivity index (χ0n) is 24.0. The molecule has 222 valence electrons. The molecule has 0 unspecified atom stereocenters. The van der Waals surface area contributed by atoms with Gasteiger partial charge in [0, 0.05) is 76.9 Å². The number of nitrogens with one attached hydrogen (secondary N) is 2. The van der Waals surface area contributed by atoms with Gasteiger partial charge in [0.1, 0.15) is 22.9 Å². The van der Waals surface area contributed by atoms with Gasteiger partial charge in [-0.3, -0.25) is 14.5 Å². The number of nitrogens with zero attached hydrogens (tertiary/aromatic N) is 4. The first-order valence-corrected chi connectivity index (χ1v) is 13.6. The summed E-state index contributed by atoms with van der Waals surface area (Å²) in [5.74, 6) is -2.27. The number of hydrogen-bond acceptors (Lipinski definition) is 5. The highest BCUT2D eigenvalue weighted by atomic mass is 19.1. The van der Waals surface area contributed by atoms with Crippen molar-refractivity contribution in [1.29, 1.82) is 0 Å². The predicted octanol–water partition coefficient (Wildman–Crippen LogP) is 3.23. The molecule has 2 aliphatic rings. The summed E-state index contributed by atoms with van der Waals surface area (Å²) >= 11 is 0. The summed E-state index contributed by atoms with van der Waals surface area (Å²) in [5, 5.41) is 5.72. The van der Waals surface area contributed by atoms with Gasteiger partial charge in [-0.1, -0.05) is 12.1 Å². The van der Waals surface area contributed by atoms with Gasteiger partial charge in [0.2, 0.25) is 0 Å². The molecular weight excluding hydrogens is 546 g/mol. The van der Waals surface area contributed by atoms with Gasteiger partial charge in [-0.2, -0.15) is 0 Å². The number of urea groups is 1. The van der Waals surface area contributed by atoms with Crippen LogP contribution in [0, 0.1) is 11.6 Å². The van der Waals surface area contributed by atoms with Gasteiger partial charge in [-0.25, -0.2) is 13.6 Å². The van der Waals surface area contributed by atoms with Crippen LogP contribution in [0.3, 0.4) is 0 Å². The molecule has 0 radical (unpaired) electrons. The Bertz CT molecular complexity index is 1490. The SMILES string of the molecule is CN(C)C(=O)Nc1ccc(CNC(=O)c2ccc3n2CCN(Cc2c(F)cc(C(=O)N(C)C)cc2F)C32COC2)cc1. The molecule has 1 saturated heterocycles. The quantitative estimate of drug-likeness (QED) is 0.447. The molecule has 3 aromatic rings. The number of rotatable bonds is 7. The van der Waals surface area contributed by atoms with E-state index < -0.39 is 23.1 Å². The van der Waals surface area contributed by atoms with Crippen LogP contribution in [0.5, 0.6) is 0 Å². The van der Waals surface area contributed by atoms with Gasteiger partial charge in [-0.15, -0.1) is 0 Å². The normalized spacial score (nSPS) is 15.5. The molecule has 1 aromatic heterocycles. The molecule has 42 heavy (non-hydrogen) atoms. The molecule has 2 aliphatic heterocycles. The first-order valence-electron chi connectivity index (χ1n) is 13.6. The van der Waals surface area contributed by atoms with Crippen LogP contribution in [0.15, 0.2) is 48.5 Å². The van der Waals surface area contributed by atoms with E-state index in [1.165, 1.54) is 23.9 Å². The maximum Gasteiger partial charge on any atom is 0.321 e. The second kappa shape index (κ2) is 11.5. The van der Waals surface area contributed by atoms with E-state index in [1.54, 1.807) is 32.3 Å². The van der Waals surface area contributed by atoms with Crippen molar-refractivity contribution in [2.75, 3.05) is 53.3 Å². The summed E-state index contributed by atoms with van der Waals surface area (Å²) in [7, 11) is 6.37. The second-order valence-electron chi connectivity index (χ2n) is 11.0. The van der Waals surface area contributed by atoms with Crippen molar-refractivity contribution in [3.8, 4) is 0 Å². The van der Waals surface area contributed by atoms with Crippen molar-refractivity contribution in [1.82, 2.24) is 24.6 Å². The van der Waals surface area contributed by atoms with E-state index in [2.05, 4.69) is 10.6 Å². The number of halogens is 2. The molecule has 0 saturated carbocycles. The highest BCUT2D eigenvalue weighted by Crippen LogP contribution is 2.41. The first kappa shape index (κ1) is 29.2. The van der Waals surface area contributed by atoms with E-state index in [9.17, 15) is 14.4 Å². The van der Waals surface area contributed by atoms with Gasteiger partial charge < -0.3 is 29.7 Å². The van der Waals surface area contributed by atoms with Gasteiger partial charge >= 0.3 is 6.03 Å². The van der Waals surface area contributed by atoms with E-state index in [0.717, 1.165) is 23.4 Å². The number of aromatic nitrogens is 1. The molecule has 5 rings (SSSR count). The summed E-state index contributed by atoms with van der Waals surface area (Å²) in [6.45, 7) is 1.85. The van der Waals surface area contributed by atoms with Crippen molar-refractivity contribution in [3.05, 3.63) is 88.2 Å². The van der Waals surface area contributed by atoms with Crippen LogP contribution in [-0.2, 0) is 29.9 Å². The third-order valence-corrected chi connectivity index (χ3v) is 7.78. The van der Waals surface area contributed by atoms with Gasteiger partial charge in [0.25, 0.3) is 11.8 Å². The van der Waals surface area contributed by atoms with E-state index in [1.807, 2.05) is 27.7 Å². The Hall–Kier alpha value is -4.29. The zero-order chi connectivity index (χ0) is 30.2. The van der Waals surface area contributed by atoms with E-state index in [-0.39, 0.29) is 29.6 Å². The second-order valence-corrected chi connectivity index (χ2v) is 11.0. The minimum absolute atomic E-state index is 0.00480.